The monoisotopic (exact) mass is 314 g/mol. The summed E-state index contributed by atoms with van der Waals surface area (Å²) < 4.78 is 44.3. The molecule has 0 spiro atoms. The van der Waals surface area contributed by atoms with Gasteiger partial charge in [0.25, 0.3) is 0 Å². The van der Waals surface area contributed by atoms with Gasteiger partial charge in [-0.1, -0.05) is 18.7 Å². The number of hydrogen-bond acceptors (Lipinski definition) is 2. The molecule has 6 heteroatoms. The van der Waals surface area contributed by atoms with E-state index in [9.17, 15) is 23.1 Å². The lowest BCUT2D eigenvalue weighted by atomic mass is 10.00. The van der Waals surface area contributed by atoms with Crippen molar-refractivity contribution < 1.29 is 27.8 Å². The van der Waals surface area contributed by atoms with E-state index in [1.807, 2.05) is 0 Å². The molecule has 0 amide bonds. The van der Waals surface area contributed by atoms with Crippen LogP contribution in [0.5, 0.6) is 5.75 Å². The van der Waals surface area contributed by atoms with Crippen molar-refractivity contribution in [1.29, 1.82) is 0 Å². The van der Waals surface area contributed by atoms with Gasteiger partial charge in [-0.25, -0.2) is 4.79 Å². The van der Waals surface area contributed by atoms with Crippen LogP contribution in [-0.2, 0) is 4.79 Å². The first-order chi connectivity index (χ1) is 10.2. The van der Waals surface area contributed by atoms with Gasteiger partial charge in [-0.15, -0.1) is 0 Å². The van der Waals surface area contributed by atoms with Crippen LogP contribution in [0.3, 0.4) is 0 Å². The maximum atomic E-state index is 12.9. The van der Waals surface area contributed by atoms with E-state index in [-0.39, 0.29) is 24.2 Å². The highest BCUT2D eigenvalue weighted by Gasteiger charge is 2.45. The number of carbonyl (C=O) groups is 1. The number of halogens is 3. The number of rotatable bonds is 4. The van der Waals surface area contributed by atoms with Gasteiger partial charge in [-0.3, -0.25) is 0 Å². The molecule has 22 heavy (non-hydrogen) atoms. The van der Waals surface area contributed by atoms with Crippen molar-refractivity contribution in [3.63, 3.8) is 0 Å². The Hall–Kier alpha value is -1.98. The van der Waals surface area contributed by atoms with Gasteiger partial charge in [-0.05, 0) is 44.2 Å². The van der Waals surface area contributed by atoms with Crippen LogP contribution in [0, 0.1) is 6.92 Å². The largest absolute Gasteiger partial charge is 0.478 e. The van der Waals surface area contributed by atoms with E-state index in [1.54, 1.807) is 6.92 Å². The molecule has 0 radical (unpaired) electrons. The Morgan fingerprint density at radius 1 is 1.32 bits per heavy atom. The number of alkyl halides is 3. The third-order valence-electron chi connectivity index (χ3n) is 3.91. The fourth-order valence-electron chi connectivity index (χ4n) is 2.63. The summed E-state index contributed by atoms with van der Waals surface area (Å²) in [6.45, 7) is 4.78. The third-order valence-corrected chi connectivity index (χ3v) is 3.91. The van der Waals surface area contributed by atoms with Crippen molar-refractivity contribution in [2.75, 3.05) is 0 Å². The molecule has 1 saturated carbocycles. The van der Waals surface area contributed by atoms with E-state index in [2.05, 4.69) is 6.58 Å². The average Bonchev–Trinajstić information content (AvgIpc) is 2.87. The molecule has 0 heterocycles. The number of hydrogen-bond donors (Lipinski definition) is 1. The molecule has 1 N–H and O–H groups in total. The molecule has 0 aromatic heterocycles. The molecule has 1 aromatic rings. The molecule has 0 bridgehead atoms. The minimum atomic E-state index is -4.60. The predicted molar refractivity (Wildman–Crippen MR) is 75.7 cm³/mol. The summed E-state index contributed by atoms with van der Waals surface area (Å²) >= 11 is 0. The molecule has 120 valence electrons. The molecule has 0 saturated heterocycles. The van der Waals surface area contributed by atoms with Gasteiger partial charge in [0.15, 0.2) is 0 Å². The van der Waals surface area contributed by atoms with Gasteiger partial charge in [0.1, 0.15) is 5.75 Å². The molecular weight excluding hydrogens is 297 g/mol. The zero-order valence-electron chi connectivity index (χ0n) is 12.2. The lowest BCUT2D eigenvalue weighted by Gasteiger charge is -2.27. The second-order valence-corrected chi connectivity index (χ2v) is 5.58. The molecular formula is C16H17F3O3. The fourth-order valence-corrected chi connectivity index (χ4v) is 2.63. The maximum Gasteiger partial charge on any atom is 0.416 e. The summed E-state index contributed by atoms with van der Waals surface area (Å²) in [7, 11) is 0. The fraction of sp³-hybridized carbons (Fsp3) is 0.438. The first-order valence-electron chi connectivity index (χ1n) is 6.95. The van der Waals surface area contributed by atoms with Gasteiger partial charge in [-0.2, -0.15) is 13.2 Å². The Kier molecular flexibility index (Phi) is 4.22. The number of carboxylic acid groups (broad SMARTS) is 1. The highest BCUT2D eigenvalue weighted by Crippen LogP contribution is 2.41. The summed E-state index contributed by atoms with van der Waals surface area (Å²) in [5, 5.41) is 9.41. The van der Waals surface area contributed by atoms with E-state index in [4.69, 9.17) is 4.74 Å². The second kappa shape index (κ2) is 5.66. The minimum Gasteiger partial charge on any atom is -0.478 e. The highest BCUT2D eigenvalue weighted by atomic mass is 19.4. The SMILES string of the molecule is C=C(c1ccc(C)cc1OC1(C(=O)O)CCCC1)C(F)(F)F. The van der Waals surface area contributed by atoms with Gasteiger partial charge in [0, 0.05) is 5.56 Å². The first kappa shape index (κ1) is 16.4. The number of aryl methyl sites for hydroxylation is 1. The Balaban J connectivity index is 2.44. The Labute approximate surface area is 126 Å². The zero-order valence-corrected chi connectivity index (χ0v) is 12.2. The van der Waals surface area contributed by atoms with Crippen LogP contribution in [0.4, 0.5) is 13.2 Å². The smallest absolute Gasteiger partial charge is 0.416 e. The number of allylic oxidation sites excluding steroid dienone is 1. The Morgan fingerprint density at radius 3 is 2.41 bits per heavy atom. The molecule has 1 aliphatic rings. The molecule has 2 rings (SSSR count). The first-order valence-corrected chi connectivity index (χ1v) is 6.95. The van der Waals surface area contributed by atoms with E-state index < -0.39 is 23.3 Å². The second-order valence-electron chi connectivity index (χ2n) is 5.58. The standard InChI is InChI=1S/C16H17F3O3/c1-10-5-6-12(11(2)16(17,18)19)13(9-10)22-15(14(20)21)7-3-4-8-15/h5-6,9H,2-4,7-8H2,1H3,(H,20,21). The van der Waals surface area contributed by atoms with Crippen molar-refractivity contribution in [3.05, 3.63) is 35.9 Å². The molecule has 1 fully saturated rings. The Morgan fingerprint density at radius 2 is 1.91 bits per heavy atom. The lowest BCUT2D eigenvalue weighted by molar-refractivity contribution is -0.154. The summed E-state index contributed by atoms with van der Waals surface area (Å²) in [6, 6.07) is 4.21. The summed E-state index contributed by atoms with van der Waals surface area (Å²) in [5.41, 5.74) is -2.02. The lowest BCUT2D eigenvalue weighted by Crippen LogP contribution is -2.42. The number of carboxylic acids is 1. The Bertz CT molecular complexity index is 599. The molecule has 0 unspecified atom stereocenters. The normalized spacial score (nSPS) is 17.3. The molecule has 1 aromatic carbocycles. The van der Waals surface area contributed by atoms with Crippen molar-refractivity contribution in [2.24, 2.45) is 0 Å². The molecule has 3 nitrogen and oxygen atoms in total. The van der Waals surface area contributed by atoms with Crippen molar-refractivity contribution in [2.45, 2.75) is 44.4 Å². The zero-order chi connectivity index (χ0) is 16.5. The van der Waals surface area contributed by atoms with Crippen molar-refractivity contribution >= 4 is 11.5 Å². The predicted octanol–water partition coefficient (Wildman–Crippen LogP) is 4.35. The maximum absolute atomic E-state index is 12.9. The van der Waals surface area contributed by atoms with Crippen LogP contribution in [-0.4, -0.2) is 22.9 Å². The summed E-state index contributed by atoms with van der Waals surface area (Å²) in [5.74, 6) is -1.22. The number of benzene rings is 1. The third kappa shape index (κ3) is 3.10. The van der Waals surface area contributed by atoms with Crippen LogP contribution in [0.1, 0.15) is 36.8 Å². The van der Waals surface area contributed by atoms with Gasteiger partial charge in [0.05, 0.1) is 5.57 Å². The van der Waals surface area contributed by atoms with Gasteiger partial charge < -0.3 is 9.84 Å². The van der Waals surface area contributed by atoms with Crippen LogP contribution in [0.25, 0.3) is 5.57 Å². The molecule has 1 aliphatic carbocycles. The van der Waals surface area contributed by atoms with Crippen LogP contribution in [0.15, 0.2) is 24.8 Å². The quantitative estimate of drug-likeness (QED) is 0.899. The van der Waals surface area contributed by atoms with Gasteiger partial charge >= 0.3 is 12.1 Å². The van der Waals surface area contributed by atoms with Crippen LogP contribution in [0.2, 0.25) is 0 Å². The summed E-state index contributed by atoms with van der Waals surface area (Å²) in [6.07, 6.45) is -2.68. The van der Waals surface area contributed by atoms with E-state index >= 15 is 0 Å². The van der Waals surface area contributed by atoms with Crippen molar-refractivity contribution in [1.82, 2.24) is 0 Å². The van der Waals surface area contributed by atoms with Crippen LogP contribution < -0.4 is 4.74 Å². The average molecular weight is 314 g/mol. The number of aliphatic carboxylic acids is 1. The van der Waals surface area contributed by atoms with E-state index in [0.29, 0.717) is 18.4 Å². The molecule has 0 aliphatic heterocycles. The van der Waals surface area contributed by atoms with E-state index in [1.165, 1.54) is 18.2 Å². The van der Waals surface area contributed by atoms with Crippen LogP contribution >= 0.6 is 0 Å². The minimum absolute atomic E-state index is 0.0772. The topological polar surface area (TPSA) is 46.5 Å². The van der Waals surface area contributed by atoms with Gasteiger partial charge in [0.2, 0.25) is 5.60 Å². The van der Waals surface area contributed by atoms with E-state index in [0.717, 1.165) is 0 Å². The molecule has 0 atom stereocenters. The highest BCUT2D eigenvalue weighted by molar-refractivity contribution is 5.79. The van der Waals surface area contributed by atoms with Crippen molar-refractivity contribution in [3.8, 4) is 5.75 Å². The summed E-state index contributed by atoms with van der Waals surface area (Å²) in [4.78, 5) is 11.5. The number of ether oxygens (including phenoxy) is 1.